The van der Waals surface area contributed by atoms with E-state index >= 15 is 0 Å². The number of carbonyl (C=O) groups is 1. The van der Waals surface area contributed by atoms with Crippen LogP contribution in [-0.2, 0) is 6.54 Å². The van der Waals surface area contributed by atoms with Crippen LogP contribution in [0.5, 0.6) is 0 Å². The normalized spacial score (nSPS) is 17.4. The van der Waals surface area contributed by atoms with Crippen molar-refractivity contribution in [2.75, 3.05) is 0 Å². The molecule has 2 rings (SSSR count). The van der Waals surface area contributed by atoms with Crippen LogP contribution in [0.4, 0.5) is 0 Å². The summed E-state index contributed by atoms with van der Waals surface area (Å²) in [5.41, 5.74) is 1.80. The van der Waals surface area contributed by atoms with E-state index in [-0.39, 0.29) is 0 Å². The van der Waals surface area contributed by atoms with E-state index in [4.69, 9.17) is 5.11 Å². The fourth-order valence-electron chi connectivity index (χ4n) is 1.44. The van der Waals surface area contributed by atoms with Gasteiger partial charge in [0.2, 0.25) is 0 Å². The van der Waals surface area contributed by atoms with E-state index in [0.717, 1.165) is 12.1 Å². The van der Waals surface area contributed by atoms with Crippen LogP contribution in [0.3, 0.4) is 0 Å². The number of benzene rings is 1. The summed E-state index contributed by atoms with van der Waals surface area (Å²) < 4.78 is 0. The van der Waals surface area contributed by atoms with E-state index in [1.54, 1.807) is 12.1 Å². The van der Waals surface area contributed by atoms with E-state index < -0.39 is 5.97 Å². The van der Waals surface area contributed by atoms with Crippen LogP contribution in [0.15, 0.2) is 24.3 Å². The molecule has 80 valence electrons. The lowest BCUT2D eigenvalue weighted by Crippen LogP contribution is -2.26. The Balaban J connectivity index is 1.95. The summed E-state index contributed by atoms with van der Waals surface area (Å²) in [5, 5.41) is 12.2. The summed E-state index contributed by atoms with van der Waals surface area (Å²) in [5.74, 6) is -0.872. The molecule has 15 heavy (non-hydrogen) atoms. The van der Waals surface area contributed by atoms with Crippen LogP contribution >= 0.6 is 0 Å². The predicted octanol–water partition coefficient (Wildman–Crippen LogP) is 2.03. The fourth-order valence-corrected chi connectivity index (χ4v) is 1.44. The first kappa shape index (κ1) is 10.2. The molecule has 0 unspecified atom stereocenters. The molecule has 0 saturated heterocycles. The number of nitrogens with one attached hydrogen (secondary N) is 1. The third-order valence-electron chi connectivity index (χ3n) is 2.92. The smallest absolute Gasteiger partial charge is 0.335 e. The highest BCUT2D eigenvalue weighted by molar-refractivity contribution is 5.87. The average molecular weight is 205 g/mol. The molecule has 2 N–H and O–H groups in total. The number of aromatic carboxylic acids is 1. The third kappa shape index (κ3) is 2.57. The molecular formula is C12H15NO2. The van der Waals surface area contributed by atoms with Gasteiger partial charge in [-0.25, -0.2) is 4.79 Å². The first-order valence-electron chi connectivity index (χ1n) is 5.16. The summed E-state index contributed by atoms with van der Waals surface area (Å²) in [7, 11) is 0. The first-order chi connectivity index (χ1) is 7.09. The Kier molecular flexibility index (Phi) is 2.49. The minimum absolute atomic E-state index is 0.325. The highest BCUT2D eigenvalue weighted by Gasteiger charge is 2.36. The van der Waals surface area contributed by atoms with Crippen LogP contribution in [0.1, 0.15) is 35.7 Å². The quantitative estimate of drug-likeness (QED) is 0.790. The summed E-state index contributed by atoms with van der Waals surface area (Å²) in [6.07, 6.45) is 2.47. The molecule has 1 aliphatic carbocycles. The molecule has 1 aromatic carbocycles. The average Bonchev–Trinajstić information content (AvgIpc) is 2.95. The van der Waals surface area contributed by atoms with Crippen LogP contribution in [0, 0.1) is 0 Å². The number of carboxylic acids is 1. The zero-order valence-electron chi connectivity index (χ0n) is 8.79. The van der Waals surface area contributed by atoms with Crippen molar-refractivity contribution in [2.45, 2.75) is 31.8 Å². The molecule has 1 fully saturated rings. The van der Waals surface area contributed by atoms with Crippen molar-refractivity contribution in [3.63, 3.8) is 0 Å². The van der Waals surface area contributed by atoms with E-state index in [2.05, 4.69) is 12.2 Å². The van der Waals surface area contributed by atoms with Crippen molar-refractivity contribution < 1.29 is 9.90 Å². The van der Waals surface area contributed by atoms with E-state index in [0.29, 0.717) is 11.1 Å². The molecule has 0 aliphatic heterocycles. The van der Waals surface area contributed by atoms with Gasteiger partial charge in [0.05, 0.1) is 5.56 Å². The maximum atomic E-state index is 10.6. The van der Waals surface area contributed by atoms with Crippen molar-refractivity contribution in [1.82, 2.24) is 5.32 Å². The lowest BCUT2D eigenvalue weighted by atomic mass is 10.1. The van der Waals surface area contributed by atoms with Crippen molar-refractivity contribution >= 4 is 5.97 Å². The number of rotatable bonds is 4. The summed E-state index contributed by atoms with van der Waals surface area (Å²) in [4.78, 5) is 10.6. The van der Waals surface area contributed by atoms with Gasteiger partial charge >= 0.3 is 5.97 Å². The summed E-state index contributed by atoms with van der Waals surface area (Å²) in [6, 6.07) is 7.02. The summed E-state index contributed by atoms with van der Waals surface area (Å²) in [6.45, 7) is 3.02. The van der Waals surface area contributed by atoms with Gasteiger partial charge in [0, 0.05) is 12.1 Å². The van der Waals surface area contributed by atoms with Gasteiger partial charge in [-0.2, -0.15) is 0 Å². The van der Waals surface area contributed by atoms with Crippen LogP contribution < -0.4 is 5.32 Å². The Bertz CT molecular complexity index is 366. The zero-order valence-corrected chi connectivity index (χ0v) is 8.79. The Hall–Kier alpha value is -1.35. The van der Waals surface area contributed by atoms with Gasteiger partial charge in [-0.05, 0) is 37.5 Å². The van der Waals surface area contributed by atoms with Crippen molar-refractivity contribution in [3.8, 4) is 0 Å². The van der Waals surface area contributed by atoms with Crippen molar-refractivity contribution in [3.05, 3.63) is 35.4 Å². The zero-order chi connectivity index (χ0) is 10.9. The lowest BCUT2D eigenvalue weighted by Gasteiger charge is -2.10. The molecule has 0 spiro atoms. The molecule has 0 aromatic heterocycles. The molecule has 1 saturated carbocycles. The number of hydrogen-bond donors (Lipinski definition) is 2. The Morgan fingerprint density at radius 2 is 2.00 bits per heavy atom. The number of carboxylic acid groups (broad SMARTS) is 1. The maximum absolute atomic E-state index is 10.6. The van der Waals surface area contributed by atoms with Gasteiger partial charge in [-0.3, -0.25) is 0 Å². The molecule has 0 atom stereocenters. The molecule has 0 amide bonds. The van der Waals surface area contributed by atoms with E-state index in [1.807, 2.05) is 12.1 Å². The Morgan fingerprint density at radius 1 is 1.40 bits per heavy atom. The van der Waals surface area contributed by atoms with Crippen LogP contribution in [0.25, 0.3) is 0 Å². The second-order valence-electron chi connectivity index (χ2n) is 4.42. The third-order valence-corrected chi connectivity index (χ3v) is 2.92. The maximum Gasteiger partial charge on any atom is 0.335 e. The molecule has 1 aromatic rings. The van der Waals surface area contributed by atoms with Crippen LogP contribution in [-0.4, -0.2) is 16.6 Å². The molecule has 3 nitrogen and oxygen atoms in total. The SMILES string of the molecule is CC1(NCc2ccc(C(=O)O)cc2)CC1. The fraction of sp³-hybridized carbons (Fsp3) is 0.417. The van der Waals surface area contributed by atoms with E-state index in [9.17, 15) is 4.79 Å². The van der Waals surface area contributed by atoms with Crippen molar-refractivity contribution in [2.24, 2.45) is 0 Å². The monoisotopic (exact) mass is 205 g/mol. The molecule has 0 bridgehead atoms. The van der Waals surface area contributed by atoms with E-state index in [1.165, 1.54) is 12.8 Å². The van der Waals surface area contributed by atoms with Gasteiger partial charge in [-0.15, -0.1) is 0 Å². The second-order valence-corrected chi connectivity index (χ2v) is 4.42. The Labute approximate surface area is 89.1 Å². The van der Waals surface area contributed by atoms with Gasteiger partial charge in [0.15, 0.2) is 0 Å². The van der Waals surface area contributed by atoms with Crippen molar-refractivity contribution in [1.29, 1.82) is 0 Å². The van der Waals surface area contributed by atoms with Gasteiger partial charge < -0.3 is 10.4 Å². The standard InChI is InChI=1S/C12H15NO2/c1-12(6-7-12)13-8-9-2-4-10(5-3-9)11(14)15/h2-5,13H,6-8H2,1H3,(H,14,15). The van der Waals surface area contributed by atoms with Gasteiger partial charge in [0.1, 0.15) is 0 Å². The van der Waals surface area contributed by atoms with Gasteiger partial charge in [0.25, 0.3) is 0 Å². The highest BCUT2D eigenvalue weighted by atomic mass is 16.4. The second kappa shape index (κ2) is 3.66. The molecule has 1 aliphatic rings. The van der Waals surface area contributed by atoms with Gasteiger partial charge in [-0.1, -0.05) is 12.1 Å². The largest absolute Gasteiger partial charge is 0.478 e. The number of hydrogen-bond acceptors (Lipinski definition) is 2. The van der Waals surface area contributed by atoms with Crippen LogP contribution in [0.2, 0.25) is 0 Å². The molecule has 0 radical (unpaired) electrons. The Morgan fingerprint density at radius 3 is 2.47 bits per heavy atom. The topological polar surface area (TPSA) is 49.3 Å². The molecular weight excluding hydrogens is 190 g/mol. The lowest BCUT2D eigenvalue weighted by molar-refractivity contribution is 0.0697. The molecule has 0 heterocycles. The minimum atomic E-state index is -0.872. The first-order valence-corrected chi connectivity index (χ1v) is 5.16. The molecule has 3 heteroatoms. The summed E-state index contributed by atoms with van der Waals surface area (Å²) >= 11 is 0. The predicted molar refractivity (Wildman–Crippen MR) is 57.9 cm³/mol. The minimum Gasteiger partial charge on any atom is -0.478 e. The highest BCUT2D eigenvalue weighted by Crippen LogP contribution is 2.34.